The van der Waals surface area contributed by atoms with Gasteiger partial charge in [-0.25, -0.2) is 9.78 Å². The summed E-state index contributed by atoms with van der Waals surface area (Å²) < 4.78 is 62.3. The van der Waals surface area contributed by atoms with Crippen LogP contribution in [0.1, 0.15) is 89.6 Å². The van der Waals surface area contributed by atoms with Crippen LogP contribution >= 0.6 is 0 Å². The van der Waals surface area contributed by atoms with Crippen molar-refractivity contribution in [1.82, 2.24) is 14.6 Å². The van der Waals surface area contributed by atoms with Crippen molar-refractivity contribution in [3.05, 3.63) is 65.4 Å². The Morgan fingerprint density at radius 1 is 1.06 bits per heavy atom. The van der Waals surface area contributed by atoms with Crippen molar-refractivity contribution in [2.24, 2.45) is 0 Å². The van der Waals surface area contributed by atoms with Gasteiger partial charge in [-0.3, -0.25) is 0 Å². The Morgan fingerprint density at radius 2 is 1.78 bits per heavy atom. The van der Waals surface area contributed by atoms with Gasteiger partial charge in [-0.05, 0) is 103 Å². The number of aromatic nitrogens is 3. The Labute approximate surface area is 290 Å². The number of hydrogen-bond acceptors (Lipinski definition) is 7. The van der Waals surface area contributed by atoms with Crippen LogP contribution in [0.25, 0.3) is 28.0 Å². The number of fused-ring (bicyclic) bond motifs is 8. The SMILES string of the molecule is Cc1nc2cc3nn2c(c1[C@H](OC(C)(C)C)C(=O)O)N1CCC(C)(CC1)OCCCC[C@H](C)Oc1ccc(C(F)(F)F)cc1-c1cccc-3c1. The fourth-order valence-electron chi connectivity index (χ4n) is 6.80. The van der Waals surface area contributed by atoms with Crippen molar-refractivity contribution in [2.45, 2.75) is 103 Å². The first-order valence-electron chi connectivity index (χ1n) is 17.2. The predicted molar refractivity (Wildman–Crippen MR) is 185 cm³/mol. The Morgan fingerprint density at radius 3 is 2.46 bits per heavy atom. The van der Waals surface area contributed by atoms with Crippen LogP contribution in [0.15, 0.2) is 48.5 Å². The first kappa shape index (κ1) is 35.7. The highest BCUT2D eigenvalue weighted by molar-refractivity contribution is 5.80. The number of alkyl halides is 3. The van der Waals surface area contributed by atoms with Crippen LogP contribution in [-0.2, 0) is 20.4 Å². The molecule has 0 spiro atoms. The monoisotopic (exact) mass is 694 g/mol. The zero-order valence-corrected chi connectivity index (χ0v) is 29.4. The molecule has 50 heavy (non-hydrogen) atoms. The molecule has 0 aliphatic carbocycles. The molecular formula is C38H45F3N4O5. The van der Waals surface area contributed by atoms with Gasteiger partial charge in [0.25, 0.3) is 0 Å². The Balaban J connectivity index is 1.55. The normalized spacial score (nSPS) is 21.1. The van der Waals surface area contributed by atoms with Crippen molar-refractivity contribution in [1.29, 1.82) is 0 Å². The van der Waals surface area contributed by atoms with Crippen molar-refractivity contribution in [3.8, 4) is 28.1 Å². The van der Waals surface area contributed by atoms with Crippen LogP contribution in [0.3, 0.4) is 0 Å². The predicted octanol–water partition coefficient (Wildman–Crippen LogP) is 8.66. The first-order valence-corrected chi connectivity index (χ1v) is 17.2. The Hall–Kier alpha value is -4.16. The molecule has 268 valence electrons. The summed E-state index contributed by atoms with van der Waals surface area (Å²) in [6.45, 7) is 13.0. The van der Waals surface area contributed by atoms with Gasteiger partial charge in [0, 0.05) is 42.6 Å². The molecule has 5 heterocycles. The summed E-state index contributed by atoms with van der Waals surface area (Å²) in [6, 6.07) is 12.6. The molecule has 12 heteroatoms. The first-order chi connectivity index (χ1) is 23.5. The number of carbonyl (C=O) groups is 1. The third-order valence-electron chi connectivity index (χ3n) is 9.44. The molecule has 0 amide bonds. The summed E-state index contributed by atoms with van der Waals surface area (Å²) in [5.41, 5.74) is 1.60. The van der Waals surface area contributed by atoms with E-state index in [1.165, 1.54) is 6.07 Å². The van der Waals surface area contributed by atoms with Crippen molar-refractivity contribution in [2.75, 3.05) is 24.6 Å². The molecule has 1 saturated heterocycles. The molecule has 6 bridgehead atoms. The number of halogens is 3. The van der Waals surface area contributed by atoms with Crippen LogP contribution in [0, 0.1) is 6.92 Å². The number of anilines is 1. The van der Waals surface area contributed by atoms with E-state index in [0.29, 0.717) is 77.0 Å². The van der Waals surface area contributed by atoms with E-state index in [9.17, 15) is 23.1 Å². The lowest BCUT2D eigenvalue weighted by Gasteiger charge is -2.41. The van der Waals surface area contributed by atoms with E-state index in [2.05, 4.69) is 11.8 Å². The molecule has 0 saturated carbocycles. The molecule has 2 aromatic carbocycles. The highest BCUT2D eigenvalue weighted by atomic mass is 19.4. The fraction of sp³-hybridized carbons (Fsp3) is 0.500. The summed E-state index contributed by atoms with van der Waals surface area (Å²) in [4.78, 5) is 19.8. The number of benzene rings is 2. The van der Waals surface area contributed by atoms with Gasteiger partial charge in [0.2, 0.25) is 0 Å². The minimum atomic E-state index is -4.53. The minimum Gasteiger partial charge on any atom is -0.490 e. The molecule has 0 unspecified atom stereocenters. The van der Waals surface area contributed by atoms with Gasteiger partial charge < -0.3 is 24.2 Å². The van der Waals surface area contributed by atoms with Gasteiger partial charge in [0.1, 0.15) is 11.6 Å². The lowest BCUT2D eigenvalue weighted by atomic mass is 9.92. The van der Waals surface area contributed by atoms with Crippen molar-refractivity contribution < 1.29 is 37.3 Å². The number of aryl methyl sites for hydroxylation is 1. The quantitative estimate of drug-likeness (QED) is 0.228. The summed E-state index contributed by atoms with van der Waals surface area (Å²) in [5, 5.41) is 15.4. The molecule has 4 aromatic rings. The standard InChI is InChI=1S/C38H45F3N4O5/c1-23-10-7-8-19-48-37(6)15-17-44(18-16-37)34-32(33(35(46)47)50-36(3,4)5)24(2)42-31-22-29(43-45(31)34)26-12-9-11-25(20-26)28-21-27(38(39,40)41)13-14-30(28)49-23/h9,11-14,20-23,33H,7-8,10,15-19H2,1-6H3,(H,46,47)/t23-,33-/m0/s1. The molecule has 7 rings (SSSR count). The van der Waals surface area contributed by atoms with Gasteiger partial charge in [0.15, 0.2) is 11.8 Å². The third-order valence-corrected chi connectivity index (χ3v) is 9.44. The number of rotatable bonds is 3. The maximum atomic E-state index is 13.9. The van der Waals surface area contributed by atoms with Crippen molar-refractivity contribution >= 4 is 17.4 Å². The van der Waals surface area contributed by atoms with E-state index in [0.717, 1.165) is 37.8 Å². The zero-order chi connectivity index (χ0) is 36.0. The average Bonchev–Trinajstić information content (AvgIpc) is 3.46. The lowest BCUT2D eigenvalue weighted by Crippen LogP contribution is -2.46. The molecule has 1 N–H and O–H groups in total. The van der Waals surface area contributed by atoms with Crippen LogP contribution in [0.5, 0.6) is 5.75 Å². The maximum Gasteiger partial charge on any atom is 0.416 e. The van der Waals surface area contributed by atoms with Crippen molar-refractivity contribution in [3.63, 3.8) is 0 Å². The fourth-order valence-corrected chi connectivity index (χ4v) is 6.80. The Kier molecular flexibility index (Phi) is 9.64. The van der Waals surface area contributed by atoms with E-state index >= 15 is 0 Å². The number of ether oxygens (including phenoxy) is 3. The summed E-state index contributed by atoms with van der Waals surface area (Å²) in [6.07, 6.45) is -2.27. The topological polar surface area (TPSA) is 98.4 Å². The van der Waals surface area contributed by atoms with Gasteiger partial charge in [-0.15, -0.1) is 0 Å². The number of nitrogens with zero attached hydrogens (tertiary/aromatic N) is 4. The molecular weight excluding hydrogens is 649 g/mol. The van der Waals surface area contributed by atoms with E-state index in [-0.39, 0.29) is 11.7 Å². The summed E-state index contributed by atoms with van der Waals surface area (Å²) >= 11 is 0. The van der Waals surface area contributed by atoms with Crippen LogP contribution in [-0.4, -0.2) is 62.7 Å². The summed E-state index contributed by atoms with van der Waals surface area (Å²) in [7, 11) is 0. The number of hydrogen-bond donors (Lipinski definition) is 1. The molecule has 0 radical (unpaired) electrons. The second kappa shape index (κ2) is 13.5. The molecule has 3 aliphatic rings. The number of piperidine rings is 1. The molecule has 3 aliphatic heterocycles. The van der Waals surface area contributed by atoms with E-state index in [4.69, 9.17) is 24.3 Å². The van der Waals surface area contributed by atoms with E-state index in [1.807, 2.05) is 39.8 Å². The maximum absolute atomic E-state index is 13.9. The van der Waals surface area contributed by atoms with E-state index < -0.39 is 29.4 Å². The van der Waals surface area contributed by atoms with Gasteiger partial charge >= 0.3 is 12.1 Å². The van der Waals surface area contributed by atoms with Gasteiger partial charge in [-0.1, -0.05) is 18.2 Å². The number of carboxylic acids is 1. The number of aliphatic carboxylic acids is 1. The highest BCUT2D eigenvalue weighted by Crippen LogP contribution is 2.41. The Bertz CT molecular complexity index is 1870. The largest absolute Gasteiger partial charge is 0.490 e. The molecule has 1 fully saturated rings. The van der Waals surface area contributed by atoms with Gasteiger partial charge in [-0.2, -0.15) is 22.8 Å². The molecule has 2 atom stereocenters. The zero-order valence-electron chi connectivity index (χ0n) is 29.4. The van der Waals surface area contributed by atoms with Gasteiger partial charge in [0.05, 0.1) is 34.1 Å². The lowest BCUT2D eigenvalue weighted by molar-refractivity contribution is -0.160. The van der Waals surface area contributed by atoms with Crippen LogP contribution in [0.4, 0.5) is 19.0 Å². The molecule has 9 nitrogen and oxygen atoms in total. The van der Waals surface area contributed by atoms with Crippen LogP contribution < -0.4 is 9.64 Å². The van der Waals surface area contributed by atoms with E-state index in [1.54, 1.807) is 29.6 Å². The second-order valence-electron chi connectivity index (χ2n) is 14.7. The summed E-state index contributed by atoms with van der Waals surface area (Å²) in [5.74, 6) is -0.181. The average molecular weight is 695 g/mol. The second-order valence-corrected chi connectivity index (χ2v) is 14.7. The van der Waals surface area contributed by atoms with Crippen LogP contribution in [0.2, 0.25) is 0 Å². The molecule has 2 aromatic heterocycles. The minimum absolute atomic E-state index is 0.227. The highest BCUT2D eigenvalue weighted by Gasteiger charge is 2.38. The third kappa shape index (κ3) is 7.61. The number of carboxylic acid groups (broad SMARTS) is 1. The smallest absolute Gasteiger partial charge is 0.416 e.